The quantitative estimate of drug-likeness (QED) is 0.626. The predicted molar refractivity (Wildman–Crippen MR) is 102 cm³/mol. The highest BCUT2D eigenvalue weighted by Crippen LogP contribution is 2.46. The topological polar surface area (TPSA) is 99.4 Å². The van der Waals surface area contributed by atoms with Crippen molar-refractivity contribution in [1.29, 1.82) is 0 Å². The zero-order valence-electron chi connectivity index (χ0n) is 15.8. The predicted octanol–water partition coefficient (Wildman–Crippen LogP) is 0.997. The zero-order valence-corrected chi connectivity index (χ0v) is 15.8. The molecule has 2 aliphatic rings. The molecule has 4 N–H and O–H groups in total. The number of benzene rings is 2. The van der Waals surface area contributed by atoms with Crippen LogP contribution in [0, 0.1) is 0 Å². The Morgan fingerprint density at radius 1 is 0.964 bits per heavy atom. The second-order valence-electron chi connectivity index (χ2n) is 7.56. The van der Waals surface area contributed by atoms with Crippen molar-refractivity contribution in [2.24, 2.45) is 0 Å². The van der Waals surface area contributed by atoms with Gasteiger partial charge in [0.2, 0.25) is 5.79 Å². The van der Waals surface area contributed by atoms with Gasteiger partial charge in [0, 0.05) is 5.56 Å². The molecule has 150 valence electrons. The highest BCUT2D eigenvalue weighted by atomic mass is 16.7. The van der Waals surface area contributed by atoms with Gasteiger partial charge in [-0.15, -0.1) is 0 Å². The third-order valence-corrected chi connectivity index (χ3v) is 5.78. The Labute approximate surface area is 164 Å². The zero-order chi connectivity index (χ0) is 19.9. The molecule has 0 aromatic heterocycles. The molecule has 1 saturated heterocycles. The van der Waals surface area contributed by atoms with Crippen LogP contribution in [-0.4, -0.2) is 51.4 Å². The molecule has 2 aromatic carbocycles. The Balaban J connectivity index is 1.66. The molecule has 0 saturated carbocycles. The van der Waals surface area contributed by atoms with Crippen molar-refractivity contribution in [3.63, 3.8) is 0 Å². The summed E-state index contributed by atoms with van der Waals surface area (Å²) in [4.78, 5) is 0. The number of hydrogen-bond donors (Lipinski definition) is 4. The summed E-state index contributed by atoms with van der Waals surface area (Å²) >= 11 is 0. The van der Waals surface area contributed by atoms with Crippen LogP contribution < -0.4 is 0 Å². The molecule has 0 amide bonds. The van der Waals surface area contributed by atoms with E-state index in [4.69, 9.17) is 9.47 Å². The average Bonchev–Trinajstić information content (AvgIpc) is 3.08. The normalized spacial score (nSPS) is 31.9. The van der Waals surface area contributed by atoms with E-state index in [2.05, 4.69) is 31.2 Å². The van der Waals surface area contributed by atoms with Gasteiger partial charge in [0.05, 0.1) is 13.2 Å². The van der Waals surface area contributed by atoms with Gasteiger partial charge in [-0.1, -0.05) is 43.3 Å². The molecule has 0 radical (unpaired) electrons. The molecule has 0 bridgehead atoms. The van der Waals surface area contributed by atoms with E-state index in [9.17, 15) is 20.4 Å². The average molecular weight is 386 g/mol. The van der Waals surface area contributed by atoms with Gasteiger partial charge < -0.3 is 29.9 Å². The van der Waals surface area contributed by atoms with E-state index in [-0.39, 0.29) is 6.61 Å². The third-order valence-electron chi connectivity index (χ3n) is 5.78. The molecule has 0 aliphatic carbocycles. The molecule has 2 unspecified atom stereocenters. The smallest absolute Gasteiger partial charge is 0.225 e. The number of hydrogen-bond acceptors (Lipinski definition) is 6. The van der Waals surface area contributed by atoms with Gasteiger partial charge in [-0.3, -0.25) is 0 Å². The van der Waals surface area contributed by atoms with Crippen molar-refractivity contribution in [3.05, 3.63) is 70.3 Å². The van der Waals surface area contributed by atoms with Crippen LogP contribution in [-0.2, 0) is 34.7 Å². The number of rotatable bonds is 4. The first-order chi connectivity index (χ1) is 13.5. The van der Waals surface area contributed by atoms with Crippen molar-refractivity contribution in [3.8, 4) is 0 Å². The van der Waals surface area contributed by atoms with Gasteiger partial charge in [0.15, 0.2) is 0 Å². The Morgan fingerprint density at radius 3 is 2.32 bits per heavy atom. The standard InChI is InChI=1S/C22H26O6/c1-2-13-3-5-14(6-4-13)9-15-7-8-16-12-27-22(17(16)10-15)21(26)20(25)19(24)18(11-23)28-22/h3-8,10,18-21,23-26H,2,9,11-12H2,1H3/t18?,19-,20-,21?,22+/m1/s1. The Kier molecular flexibility index (Phi) is 5.26. The van der Waals surface area contributed by atoms with Crippen LogP contribution in [0.5, 0.6) is 0 Å². The van der Waals surface area contributed by atoms with Crippen molar-refractivity contribution < 1.29 is 29.9 Å². The summed E-state index contributed by atoms with van der Waals surface area (Å²) in [6, 6.07) is 14.3. The van der Waals surface area contributed by atoms with Crippen molar-refractivity contribution in [2.45, 2.75) is 56.6 Å². The highest BCUT2D eigenvalue weighted by molar-refractivity contribution is 5.41. The van der Waals surface area contributed by atoms with Crippen LogP contribution in [0.25, 0.3) is 0 Å². The van der Waals surface area contributed by atoms with E-state index >= 15 is 0 Å². The number of fused-ring (bicyclic) bond motifs is 2. The molecule has 5 atom stereocenters. The maximum absolute atomic E-state index is 10.7. The largest absolute Gasteiger partial charge is 0.394 e. The lowest BCUT2D eigenvalue weighted by Crippen LogP contribution is -2.63. The maximum Gasteiger partial charge on any atom is 0.225 e. The van der Waals surface area contributed by atoms with Crippen LogP contribution >= 0.6 is 0 Å². The lowest BCUT2D eigenvalue weighted by molar-refractivity contribution is -0.368. The van der Waals surface area contributed by atoms with Gasteiger partial charge in [-0.25, -0.2) is 0 Å². The van der Waals surface area contributed by atoms with Crippen LogP contribution in [0.15, 0.2) is 42.5 Å². The first-order valence-corrected chi connectivity index (χ1v) is 9.65. The Bertz CT molecular complexity index is 833. The molecule has 2 aromatic rings. The molecule has 4 rings (SSSR count). The first kappa shape index (κ1) is 19.5. The monoisotopic (exact) mass is 386 g/mol. The van der Waals surface area contributed by atoms with Crippen molar-refractivity contribution in [2.75, 3.05) is 6.61 Å². The summed E-state index contributed by atoms with van der Waals surface area (Å²) < 4.78 is 11.6. The number of aliphatic hydroxyl groups excluding tert-OH is 4. The first-order valence-electron chi connectivity index (χ1n) is 9.65. The summed E-state index contributed by atoms with van der Waals surface area (Å²) in [5.74, 6) is -1.59. The molecule has 2 heterocycles. The van der Waals surface area contributed by atoms with Gasteiger partial charge in [0.25, 0.3) is 0 Å². The summed E-state index contributed by atoms with van der Waals surface area (Å²) in [5.41, 5.74) is 4.95. The molecule has 6 nitrogen and oxygen atoms in total. The van der Waals surface area contributed by atoms with Gasteiger partial charge in [-0.2, -0.15) is 0 Å². The fourth-order valence-electron chi connectivity index (χ4n) is 4.06. The molecule has 1 fully saturated rings. The van der Waals surface area contributed by atoms with Crippen molar-refractivity contribution >= 4 is 0 Å². The number of ether oxygens (including phenoxy) is 2. The Hall–Kier alpha value is -1.80. The fourth-order valence-corrected chi connectivity index (χ4v) is 4.06. The molecule has 2 aliphatic heterocycles. The lowest BCUT2D eigenvalue weighted by Gasteiger charge is -2.46. The molecule has 1 spiro atoms. The van der Waals surface area contributed by atoms with Crippen LogP contribution in [0.1, 0.15) is 34.7 Å². The minimum atomic E-state index is -1.59. The molecular formula is C22H26O6. The summed E-state index contributed by atoms with van der Waals surface area (Å²) in [6.07, 6.45) is -3.69. The van der Waals surface area contributed by atoms with Crippen LogP contribution in [0.2, 0.25) is 0 Å². The van der Waals surface area contributed by atoms with Crippen LogP contribution in [0.3, 0.4) is 0 Å². The van der Waals surface area contributed by atoms with Crippen LogP contribution in [0.4, 0.5) is 0 Å². The number of aliphatic hydroxyl groups is 4. The fraction of sp³-hybridized carbons (Fsp3) is 0.455. The van der Waals surface area contributed by atoms with Gasteiger partial charge in [0.1, 0.15) is 24.4 Å². The maximum atomic E-state index is 10.7. The molecular weight excluding hydrogens is 360 g/mol. The summed E-state index contributed by atoms with van der Waals surface area (Å²) in [6.45, 7) is 1.85. The third kappa shape index (κ3) is 3.16. The second-order valence-corrected chi connectivity index (χ2v) is 7.56. The summed E-state index contributed by atoms with van der Waals surface area (Å²) in [5, 5.41) is 40.5. The summed E-state index contributed by atoms with van der Waals surface area (Å²) in [7, 11) is 0. The highest BCUT2D eigenvalue weighted by Gasteiger charge is 2.58. The van der Waals surface area contributed by atoms with Gasteiger partial charge >= 0.3 is 0 Å². The number of aryl methyl sites for hydroxylation is 1. The molecule has 28 heavy (non-hydrogen) atoms. The van der Waals surface area contributed by atoms with Crippen molar-refractivity contribution in [1.82, 2.24) is 0 Å². The Morgan fingerprint density at radius 2 is 1.64 bits per heavy atom. The second kappa shape index (κ2) is 7.55. The van der Waals surface area contributed by atoms with E-state index < -0.39 is 36.8 Å². The molecule has 6 heteroatoms. The van der Waals surface area contributed by atoms with Gasteiger partial charge in [-0.05, 0) is 41.2 Å². The van der Waals surface area contributed by atoms with E-state index in [1.807, 2.05) is 18.2 Å². The van der Waals surface area contributed by atoms with E-state index in [0.717, 1.165) is 17.5 Å². The lowest BCUT2D eigenvalue weighted by atomic mass is 9.86. The van der Waals surface area contributed by atoms with E-state index in [0.29, 0.717) is 12.0 Å². The van der Waals surface area contributed by atoms with E-state index in [1.54, 1.807) is 0 Å². The van der Waals surface area contributed by atoms with E-state index in [1.165, 1.54) is 11.1 Å². The minimum Gasteiger partial charge on any atom is -0.394 e. The SMILES string of the molecule is CCc1ccc(Cc2ccc3c(c2)[C@]2(OC3)OC(CO)[C@@H](O)[C@@H](O)C2O)cc1. The minimum absolute atomic E-state index is 0.221.